The molecule has 4 aromatic carbocycles. The third-order valence-electron chi connectivity index (χ3n) is 11.4. The van der Waals surface area contributed by atoms with Gasteiger partial charge in [-0.25, -0.2) is 26.8 Å². The zero-order chi connectivity index (χ0) is 48.2. The Morgan fingerprint density at radius 2 is 0.985 bits per heavy atom. The highest BCUT2D eigenvalue weighted by Gasteiger charge is 2.33. The number of rotatable bonds is 13. The second-order valence-corrected chi connectivity index (χ2v) is 23.1. The highest BCUT2D eigenvalue weighted by Crippen LogP contribution is 2.39. The largest absolute Gasteiger partial charge is 0.493 e. The molecule has 2 aliphatic rings. The molecular weight excluding hydrogens is 1020 g/mol. The Bertz CT molecular complexity index is 2910. The molecule has 0 radical (unpaired) electrons. The number of piperazine rings is 2. The lowest BCUT2D eigenvalue weighted by atomic mass is 9.96. The smallest absolute Gasteiger partial charge is 0.244 e. The van der Waals surface area contributed by atoms with E-state index in [1.807, 2.05) is 17.5 Å². The predicted molar refractivity (Wildman–Crippen MR) is 271 cm³/mol. The highest BCUT2D eigenvalue weighted by molar-refractivity contribution is 7.89. The van der Waals surface area contributed by atoms with Gasteiger partial charge in [0.05, 0.1) is 42.8 Å². The fourth-order valence-corrected chi connectivity index (χ4v) is 14.1. The van der Waals surface area contributed by atoms with Crippen LogP contribution in [-0.2, 0) is 32.9 Å². The fraction of sp³-hybridized carbons (Fsp3) is 0.348. The minimum atomic E-state index is -3.70. The Balaban J connectivity index is 0.000000200. The first-order valence-corrected chi connectivity index (χ1v) is 27.2. The summed E-state index contributed by atoms with van der Waals surface area (Å²) in [6.07, 6.45) is 1.40. The van der Waals surface area contributed by atoms with Crippen molar-refractivity contribution in [3.05, 3.63) is 131 Å². The first-order valence-electron chi connectivity index (χ1n) is 21.1. The number of thiazole rings is 2. The molecule has 2 aromatic heterocycles. The number of halogens is 4. The molecule has 0 unspecified atom stereocenters. The van der Waals surface area contributed by atoms with Gasteiger partial charge < -0.3 is 24.0 Å². The highest BCUT2D eigenvalue weighted by atomic mass is 35.5. The maximum atomic E-state index is 13.1. The van der Waals surface area contributed by atoms with Crippen LogP contribution in [0, 0.1) is 20.8 Å². The van der Waals surface area contributed by atoms with E-state index in [2.05, 4.69) is 48.1 Å². The average Bonchev–Trinajstić information content (AvgIpc) is 3.97. The van der Waals surface area contributed by atoms with Gasteiger partial charge in [0.25, 0.3) is 0 Å². The molecule has 8 rings (SSSR count). The molecule has 4 heterocycles. The van der Waals surface area contributed by atoms with E-state index in [-0.39, 0.29) is 19.8 Å². The molecule has 0 bridgehead atoms. The lowest BCUT2D eigenvalue weighted by Crippen LogP contribution is -2.48. The summed E-state index contributed by atoms with van der Waals surface area (Å²) in [7, 11) is -2.63. The van der Waals surface area contributed by atoms with Crippen molar-refractivity contribution in [2.45, 2.75) is 43.4 Å². The number of anilines is 2. The molecule has 0 N–H and O–H groups in total. The van der Waals surface area contributed by atoms with Crippen molar-refractivity contribution in [1.82, 2.24) is 18.6 Å². The molecule has 2 fully saturated rings. The van der Waals surface area contributed by atoms with Gasteiger partial charge in [-0.05, 0) is 91.6 Å². The standard InChI is InChI=1S/C23H25Cl2N3O5S2.C23H25Cl2N3O2S2/c1-31-19-11-15(12-20(32-2)22(19)33-3)10-17-14-34-23(26-17)27-6-8-28(9-7-27)35(29,30)21-5-4-16(24)13-18(21)25;1-15-10-16(2)20(17(3)11-15)13-19-14-31-23(26-19)27-6-8-28(9-7-27)32(29,30)22-5-4-18(24)12-21(22)25/h4-5,11-14H,6-10H2,1-3H3;4-5,10-12,14H,6-9,13H2,1-3H3. The Morgan fingerprint density at radius 3 is 1.37 bits per heavy atom. The molecule has 0 amide bonds. The number of sulfonamides is 2. The molecule has 2 saturated heterocycles. The van der Waals surface area contributed by atoms with Crippen LogP contribution in [0.3, 0.4) is 0 Å². The van der Waals surface area contributed by atoms with E-state index in [1.54, 1.807) is 38.7 Å². The number of nitrogens with zero attached hydrogens (tertiary/aromatic N) is 6. The summed E-state index contributed by atoms with van der Waals surface area (Å²) in [5, 5.41) is 6.97. The van der Waals surface area contributed by atoms with Crippen LogP contribution >= 0.6 is 69.1 Å². The average molecular weight is 1070 g/mol. The van der Waals surface area contributed by atoms with Crippen LogP contribution in [0.4, 0.5) is 10.3 Å². The second-order valence-electron chi connectivity index (χ2n) is 15.9. The minimum Gasteiger partial charge on any atom is -0.493 e. The van der Waals surface area contributed by atoms with Crippen molar-refractivity contribution in [2.75, 3.05) is 83.5 Å². The van der Waals surface area contributed by atoms with E-state index in [0.29, 0.717) is 86.1 Å². The van der Waals surface area contributed by atoms with Crippen molar-refractivity contribution >= 4 is 99.4 Å². The lowest BCUT2D eigenvalue weighted by molar-refractivity contribution is 0.324. The van der Waals surface area contributed by atoms with E-state index < -0.39 is 20.0 Å². The number of ether oxygens (including phenoxy) is 3. The summed E-state index contributed by atoms with van der Waals surface area (Å²) >= 11 is 27.3. The Labute approximate surface area is 420 Å². The SMILES string of the molecule is COc1cc(Cc2csc(N3CCN(S(=O)(=O)c4ccc(Cl)cc4Cl)CC3)n2)cc(OC)c1OC.Cc1cc(C)c(Cc2csc(N3CCN(S(=O)(=O)c4ccc(Cl)cc4Cl)CC3)n2)c(C)c1. The van der Waals surface area contributed by atoms with Crippen LogP contribution in [-0.4, -0.2) is 109 Å². The third-order valence-corrected chi connectivity index (χ3v) is 18.6. The monoisotopic (exact) mass is 1070 g/mol. The number of hydrogen-bond donors (Lipinski definition) is 0. The van der Waals surface area contributed by atoms with Gasteiger partial charge in [0.15, 0.2) is 21.8 Å². The number of methoxy groups -OCH3 is 3. The fourth-order valence-electron chi connectivity index (χ4n) is 8.05. The molecule has 358 valence electrons. The maximum absolute atomic E-state index is 13.1. The van der Waals surface area contributed by atoms with Crippen LogP contribution in [0.5, 0.6) is 17.2 Å². The third kappa shape index (κ3) is 11.8. The van der Waals surface area contributed by atoms with Gasteiger partial charge in [-0.15, -0.1) is 22.7 Å². The van der Waals surface area contributed by atoms with Gasteiger partial charge in [0, 0.05) is 86.0 Å². The van der Waals surface area contributed by atoms with Crippen molar-refractivity contribution < 1.29 is 31.0 Å². The molecular formula is C46H50Cl4N6O7S4. The number of benzene rings is 4. The molecule has 21 heteroatoms. The topological polar surface area (TPSA) is 135 Å². The number of aryl methyl sites for hydroxylation is 3. The Hall–Kier alpha value is -3.88. The Morgan fingerprint density at radius 1 is 0.567 bits per heavy atom. The second kappa shape index (κ2) is 21.8. The van der Waals surface area contributed by atoms with Crippen LogP contribution in [0.25, 0.3) is 0 Å². The Kier molecular flexibility index (Phi) is 16.6. The van der Waals surface area contributed by atoms with Crippen molar-refractivity contribution in [3.63, 3.8) is 0 Å². The summed E-state index contributed by atoms with van der Waals surface area (Å²) in [4.78, 5) is 14.0. The normalized spacial score (nSPS) is 15.0. The van der Waals surface area contributed by atoms with Gasteiger partial charge >= 0.3 is 0 Å². The van der Waals surface area contributed by atoms with Crippen LogP contribution in [0.15, 0.2) is 81.2 Å². The van der Waals surface area contributed by atoms with E-state index in [9.17, 15) is 16.8 Å². The molecule has 0 aliphatic carbocycles. The van der Waals surface area contributed by atoms with Crippen LogP contribution < -0.4 is 24.0 Å². The number of aromatic nitrogens is 2. The van der Waals surface area contributed by atoms with Crippen LogP contribution in [0.1, 0.15) is 39.2 Å². The van der Waals surface area contributed by atoms with Gasteiger partial charge in [-0.3, -0.25) is 0 Å². The molecule has 2 aliphatic heterocycles. The quantitative estimate of drug-likeness (QED) is 0.109. The summed E-state index contributed by atoms with van der Waals surface area (Å²) in [6, 6.07) is 17.1. The first kappa shape index (κ1) is 51.0. The molecule has 13 nitrogen and oxygen atoms in total. The molecule has 6 aromatic rings. The van der Waals surface area contributed by atoms with Gasteiger partial charge in [-0.2, -0.15) is 8.61 Å². The van der Waals surface area contributed by atoms with E-state index in [0.717, 1.165) is 33.6 Å². The van der Waals surface area contributed by atoms with Crippen LogP contribution in [0.2, 0.25) is 20.1 Å². The predicted octanol–water partition coefficient (Wildman–Crippen LogP) is 10.1. The lowest BCUT2D eigenvalue weighted by Gasteiger charge is -2.34. The zero-order valence-corrected chi connectivity index (χ0v) is 44.0. The molecule has 0 spiro atoms. The van der Waals surface area contributed by atoms with E-state index in [4.69, 9.17) is 70.6 Å². The molecule has 67 heavy (non-hydrogen) atoms. The molecule has 0 saturated carbocycles. The summed E-state index contributed by atoms with van der Waals surface area (Å²) in [5.74, 6) is 1.73. The summed E-state index contributed by atoms with van der Waals surface area (Å²) < 4.78 is 71.4. The van der Waals surface area contributed by atoms with E-state index >= 15 is 0 Å². The minimum absolute atomic E-state index is 0.0684. The van der Waals surface area contributed by atoms with Gasteiger partial charge in [0.2, 0.25) is 25.8 Å². The number of hydrogen-bond acceptors (Lipinski definition) is 13. The maximum Gasteiger partial charge on any atom is 0.244 e. The zero-order valence-electron chi connectivity index (χ0n) is 37.7. The molecule has 0 atom stereocenters. The summed E-state index contributed by atoms with van der Waals surface area (Å²) in [5.41, 5.74) is 8.10. The van der Waals surface area contributed by atoms with Crippen molar-refractivity contribution in [1.29, 1.82) is 0 Å². The van der Waals surface area contributed by atoms with Crippen molar-refractivity contribution in [2.24, 2.45) is 0 Å². The van der Waals surface area contributed by atoms with Gasteiger partial charge in [-0.1, -0.05) is 64.1 Å². The summed E-state index contributed by atoms with van der Waals surface area (Å²) in [6.45, 7) is 10.1. The van der Waals surface area contributed by atoms with Gasteiger partial charge in [0.1, 0.15) is 9.79 Å². The van der Waals surface area contributed by atoms with E-state index in [1.165, 1.54) is 72.5 Å². The van der Waals surface area contributed by atoms with Crippen molar-refractivity contribution in [3.8, 4) is 17.2 Å². The first-order chi connectivity index (χ1) is 31.9.